The van der Waals surface area contributed by atoms with Crippen LogP contribution in [0, 0.1) is 5.92 Å². The normalized spacial score (nSPS) is 21.9. The van der Waals surface area contributed by atoms with Crippen LogP contribution < -0.4 is 5.32 Å². The van der Waals surface area contributed by atoms with E-state index in [1.807, 2.05) is 7.05 Å². The number of ether oxygens (including phenoxy) is 1. The minimum atomic E-state index is 0.322. The number of methoxy groups -OCH3 is 1. The summed E-state index contributed by atoms with van der Waals surface area (Å²) < 4.78 is 5.47. The molecule has 2 unspecified atom stereocenters. The second-order valence-corrected chi connectivity index (χ2v) is 3.65. The average Bonchev–Trinajstić information content (AvgIpc) is 2.81. The van der Waals surface area contributed by atoms with Crippen molar-refractivity contribution in [3.05, 3.63) is 12.2 Å². The smallest absolute Gasteiger partial charge is 0.0790 e. The van der Waals surface area contributed by atoms with Crippen LogP contribution in [0.5, 0.6) is 0 Å². The molecule has 1 fully saturated rings. The predicted molar refractivity (Wildman–Crippen MR) is 51.2 cm³/mol. The third-order valence-corrected chi connectivity index (χ3v) is 2.53. The van der Waals surface area contributed by atoms with Gasteiger partial charge in [0.05, 0.1) is 12.1 Å². The van der Waals surface area contributed by atoms with Crippen molar-refractivity contribution < 1.29 is 4.74 Å². The van der Waals surface area contributed by atoms with E-state index < -0.39 is 0 Å². The molecule has 0 amide bonds. The fourth-order valence-electron chi connectivity index (χ4n) is 1.72. The van der Waals surface area contributed by atoms with Gasteiger partial charge in [-0.25, -0.2) is 0 Å². The molecule has 0 saturated heterocycles. The maximum atomic E-state index is 5.47. The summed E-state index contributed by atoms with van der Waals surface area (Å²) in [7, 11) is 3.75. The van der Waals surface area contributed by atoms with Gasteiger partial charge in [-0.1, -0.05) is 12.2 Å². The summed E-state index contributed by atoms with van der Waals surface area (Å²) in [6.07, 6.45) is 2.95. The molecule has 0 radical (unpaired) electrons. The van der Waals surface area contributed by atoms with Crippen LogP contribution in [0.25, 0.3) is 0 Å². The molecule has 2 nitrogen and oxygen atoms in total. The molecule has 1 aliphatic carbocycles. The average molecular weight is 169 g/mol. The van der Waals surface area contributed by atoms with E-state index in [-0.39, 0.29) is 0 Å². The molecule has 2 heteroatoms. The van der Waals surface area contributed by atoms with Crippen LogP contribution in [0.15, 0.2) is 12.2 Å². The third-order valence-electron chi connectivity index (χ3n) is 2.53. The van der Waals surface area contributed by atoms with E-state index in [9.17, 15) is 0 Å². The van der Waals surface area contributed by atoms with E-state index in [1.54, 1.807) is 7.11 Å². The molecule has 12 heavy (non-hydrogen) atoms. The molecule has 1 saturated carbocycles. The van der Waals surface area contributed by atoms with E-state index in [2.05, 4.69) is 18.8 Å². The Hall–Kier alpha value is -0.340. The van der Waals surface area contributed by atoms with Crippen LogP contribution in [0.1, 0.15) is 19.8 Å². The fourth-order valence-corrected chi connectivity index (χ4v) is 1.72. The lowest BCUT2D eigenvalue weighted by atomic mass is 10.0. The van der Waals surface area contributed by atoms with E-state index in [0.29, 0.717) is 12.1 Å². The van der Waals surface area contributed by atoms with Gasteiger partial charge in [0.25, 0.3) is 0 Å². The molecular weight excluding hydrogens is 150 g/mol. The topological polar surface area (TPSA) is 21.3 Å². The molecule has 2 atom stereocenters. The molecule has 70 valence electrons. The Morgan fingerprint density at radius 3 is 2.42 bits per heavy atom. The minimum absolute atomic E-state index is 0.322. The lowest BCUT2D eigenvalue weighted by Gasteiger charge is -2.25. The molecule has 0 aromatic heterocycles. The number of hydrogen-bond acceptors (Lipinski definition) is 2. The van der Waals surface area contributed by atoms with Crippen molar-refractivity contribution in [3.8, 4) is 0 Å². The van der Waals surface area contributed by atoms with E-state index in [1.165, 1.54) is 12.8 Å². The molecule has 0 aromatic rings. The van der Waals surface area contributed by atoms with Gasteiger partial charge in [-0.05, 0) is 32.7 Å². The molecule has 0 spiro atoms. The Kier molecular flexibility index (Phi) is 3.29. The molecule has 0 bridgehead atoms. The fraction of sp³-hybridized carbons (Fsp3) is 0.800. The van der Waals surface area contributed by atoms with E-state index in [4.69, 9.17) is 4.74 Å². The van der Waals surface area contributed by atoms with Gasteiger partial charge in [0.15, 0.2) is 0 Å². The van der Waals surface area contributed by atoms with Gasteiger partial charge < -0.3 is 10.1 Å². The van der Waals surface area contributed by atoms with E-state index in [0.717, 1.165) is 11.5 Å². The van der Waals surface area contributed by atoms with Crippen LogP contribution in [0.2, 0.25) is 0 Å². The molecule has 1 aliphatic rings. The SMILES string of the molecule is C=C(C)C(NC)C(OC)C1CC1. The minimum Gasteiger partial charge on any atom is -0.379 e. The van der Waals surface area contributed by atoms with Crippen LogP contribution in [0.4, 0.5) is 0 Å². The van der Waals surface area contributed by atoms with Crippen LogP contribution in [-0.2, 0) is 4.74 Å². The first-order valence-corrected chi connectivity index (χ1v) is 4.56. The van der Waals surface area contributed by atoms with Gasteiger partial charge in [-0.2, -0.15) is 0 Å². The maximum absolute atomic E-state index is 5.47. The molecule has 0 heterocycles. The van der Waals surface area contributed by atoms with Gasteiger partial charge in [0.2, 0.25) is 0 Å². The second kappa shape index (κ2) is 4.06. The van der Waals surface area contributed by atoms with Gasteiger partial charge in [-0.15, -0.1) is 0 Å². The molecule has 0 aromatic carbocycles. The van der Waals surface area contributed by atoms with Crippen molar-refractivity contribution in [2.75, 3.05) is 14.2 Å². The first-order valence-electron chi connectivity index (χ1n) is 4.56. The Labute approximate surface area is 75.0 Å². The number of rotatable bonds is 5. The summed E-state index contributed by atoms with van der Waals surface area (Å²) in [6, 6.07) is 0.322. The zero-order valence-corrected chi connectivity index (χ0v) is 8.26. The van der Waals surface area contributed by atoms with Gasteiger partial charge in [-0.3, -0.25) is 0 Å². The first kappa shape index (κ1) is 9.75. The molecule has 1 rings (SSSR count). The lowest BCUT2D eigenvalue weighted by molar-refractivity contribution is 0.0636. The highest BCUT2D eigenvalue weighted by Gasteiger charge is 2.36. The van der Waals surface area contributed by atoms with Crippen molar-refractivity contribution >= 4 is 0 Å². The third kappa shape index (κ3) is 2.08. The summed E-state index contributed by atoms with van der Waals surface area (Å²) in [6.45, 7) is 6.01. The second-order valence-electron chi connectivity index (χ2n) is 3.65. The van der Waals surface area contributed by atoms with E-state index >= 15 is 0 Å². The quantitative estimate of drug-likeness (QED) is 0.631. The summed E-state index contributed by atoms with van der Waals surface area (Å²) in [5, 5.41) is 3.25. The highest BCUT2D eigenvalue weighted by Crippen LogP contribution is 2.36. The summed E-state index contributed by atoms with van der Waals surface area (Å²) >= 11 is 0. The number of likely N-dealkylation sites (N-methyl/N-ethyl adjacent to an activating group) is 1. The number of nitrogens with one attached hydrogen (secondary N) is 1. The zero-order chi connectivity index (χ0) is 9.14. The van der Waals surface area contributed by atoms with Crippen molar-refractivity contribution in [2.45, 2.75) is 31.9 Å². The Morgan fingerprint density at radius 1 is 1.58 bits per heavy atom. The summed E-state index contributed by atoms with van der Waals surface area (Å²) in [5.74, 6) is 0.754. The lowest BCUT2D eigenvalue weighted by Crippen LogP contribution is -2.40. The van der Waals surface area contributed by atoms with Crippen LogP contribution in [-0.4, -0.2) is 26.3 Å². The molecule has 0 aliphatic heterocycles. The standard InChI is InChI=1S/C10H19NO/c1-7(2)9(11-3)10(12-4)8-5-6-8/h8-11H,1,5-6H2,2-4H3. The largest absolute Gasteiger partial charge is 0.379 e. The Morgan fingerprint density at radius 2 is 2.17 bits per heavy atom. The van der Waals surface area contributed by atoms with Crippen LogP contribution >= 0.6 is 0 Å². The highest BCUT2D eigenvalue weighted by atomic mass is 16.5. The monoisotopic (exact) mass is 169 g/mol. The molecular formula is C10H19NO. The highest BCUT2D eigenvalue weighted by molar-refractivity contribution is 5.08. The Bertz CT molecular complexity index is 163. The van der Waals surface area contributed by atoms with Crippen molar-refractivity contribution in [1.29, 1.82) is 0 Å². The van der Waals surface area contributed by atoms with Gasteiger partial charge >= 0.3 is 0 Å². The van der Waals surface area contributed by atoms with Gasteiger partial charge in [0, 0.05) is 7.11 Å². The van der Waals surface area contributed by atoms with Gasteiger partial charge in [0.1, 0.15) is 0 Å². The first-order chi connectivity index (χ1) is 5.70. The van der Waals surface area contributed by atoms with Crippen molar-refractivity contribution in [3.63, 3.8) is 0 Å². The van der Waals surface area contributed by atoms with Crippen molar-refractivity contribution in [2.24, 2.45) is 5.92 Å². The predicted octanol–water partition coefficient (Wildman–Crippen LogP) is 1.58. The molecule has 1 N–H and O–H groups in total. The summed E-state index contributed by atoms with van der Waals surface area (Å²) in [5.41, 5.74) is 1.16. The number of hydrogen-bond donors (Lipinski definition) is 1. The Balaban J connectivity index is 2.53. The van der Waals surface area contributed by atoms with Crippen molar-refractivity contribution in [1.82, 2.24) is 5.32 Å². The zero-order valence-electron chi connectivity index (χ0n) is 8.26. The summed E-state index contributed by atoms with van der Waals surface area (Å²) in [4.78, 5) is 0. The maximum Gasteiger partial charge on any atom is 0.0790 e. The van der Waals surface area contributed by atoms with Crippen LogP contribution in [0.3, 0.4) is 0 Å².